The summed E-state index contributed by atoms with van der Waals surface area (Å²) >= 11 is 0. The van der Waals surface area contributed by atoms with Gasteiger partial charge >= 0.3 is 0 Å². The molecule has 1 aromatic carbocycles. The average Bonchev–Trinajstić information content (AvgIpc) is 2.47. The van der Waals surface area contributed by atoms with Crippen LogP contribution >= 0.6 is 0 Å². The molecular formula is C16H23NO2. The van der Waals surface area contributed by atoms with Crippen molar-refractivity contribution in [3.05, 3.63) is 29.3 Å². The van der Waals surface area contributed by atoms with Crippen molar-refractivity contribution in [2.75, 3.05) is 14.2 Å². The normalized spacial score (nSPS) is 23.1. The lowest BCUT2D eigenvalue weighted by atomic mass is 9.79. The number of carbonyl (C=O) groups excluding carboxylic acids is 1. The van der Waals surface area contributed by atoms with Gasteiger partial charge in [0.05, 0.1) is 7.11 Å². The van der Waals surface area contributed by atoms with E-state index in [0.29, 0.717) is 5.92 Å². The topological polar surface area (TPSA) is 38.3 Å². The standard InChI is InChI=1S/C16H23NO2/c1-17-10-15-9-14(7-8-16(15)19-2)13-5-3-12(11-18)4-6-13/h7-9,11-13,17H,3-6,10H2,1-2H3. The molecule has 0 saturated heterocycles. The molecule has 1 saturated carbocycles. The summed E-state index contributed by atoms with van der Waals surface area (Å²) in [6.07, 6.45) is 5.42. The van der Waals surface area contributed by atoms with Crippen LogP contribution in [0.4, 0.5) is 0 Å². The number of rotatable bonds is 5. The van der Waals surface area contributed by atoms with Crippen molar-refractivity contribution in [2.24, 2.45) is 5.92 Å². The Kier molecular flexibility index (Phi) is 4.97. The molecule has 0 bridgehead atoms. The second-order valence-corrected chi connectivity index (χ2v) is 5.35. The predicted molar refractivity (Wildman–Crippen MR) is 76.5 cm³/mol. The van der Waals surface area contributed by atoms with Crippen molar-refractivity contribution in [3.8, 4) is 5.75 Å². The quantitative estimate of drug-likeness (QED) is 0.828. The highest BCUT2D eigenvalue weighted by Gasteiger charge is 2.22. The summed E-state index contributed by atoms with van der Waals surface area (Å²) in [4.78, 5) is 10.8. The van der Waals surface area contributed by atoms with Crippen molar-refractivity contribution >= 4 is 6.29 Å². The van der Waals surface area contributed by atoms with Gasteiger partial charge in [0.2, 0.25) is 0 Å². The minimum atomic E-state index is 0.284. The summed E-state index contributed by atoms with van der Waals surface area (Å²) in [6.45, 7) is 0.820. The summed E-state index contributed by atoms with van der Waals surface area (Å²) < 4.78 is 5.39. The highest BCUT2D eigenvalue weighted by Crippen LogP contribution is 2.36. The van der Waals surface area contributed by atoms with E-state index >= 15 is 0 Å². The Bertz CT molecular complexity index is 423. The number of methoxy groups -OCH3 is 1. The Hall–Kier alpha value is -1.35. The third-order valence-corrected chi connectivity index (χ3v) is 4.11. The van der Waals surface area contributed by atoms with Crippen LogP contribution in [0.2, 0.25) is 0 Å². The molecule has 3 heteroatoms. The lowest BCUT2D eigenvalue weighted by Gasteiger charge is -2.26. The Morgan fingerprint density at radius 3 is 2.63 bits per heavy atom. The van der Waals surface area contributed by atoms with E-state index in [1.54, 1.807) is 7.11 Å². The third kappa shape index (κ3) is 3.35. The zero-order chi connectivity index (χ0) is 13.7. The Morgan fingerprint density at radius 2 is 2.05 bits per heavy atom. The van der Waals surface area contributed by atoms with E-state index in [1.165, 1.54) is 11.1 Å². The first kappa shape index (κ1) is 14.1. The number of aldehydes is 1. The van der Waals surface area contributed by atoms with Crippen LogP contribution in [0.1, 0.15) is 42.7 Å². The molecular weight excluding hydrogens is 238 g/mol. The van der Waals surface area contributed by atoms with Gasteiger partial charge in [-0.15, -0.1) is 0 Å². The molecule has 0 spiro atoms. The van der Waals surface area contributed by atoms with Crippen LogP contribution in [0.5, 0.6) is 5.75 Å². The molecule has 1 aliphatic carbocycles. The number of hydrogen-bond acceptors (Lipinski definition) is 3. The molecule has 0 unspecified atom stereocenters. The Labute approximate surface area is 115 Å². The van der Waals surface area contributed by atoms with Crippen LogP contribution in [0.25, 0.3) is 0 Å². The van der Waals surface area contributed by atoms with Crippen LogP contribution in [-0.2, 0) is 11.3 Å². The maximum atomic E-state index is 10.8. The zero-order valence-electron chi connectivity index (χ0n) is 11.8. The van der Waals surface area contributed by atoms with Crippen LogP contribution in [0.15, 0.2) is 18.2 Å². The Morgan fingerprint density at radius 1 is 1.32 bits per heavy atom. The van der Waals surface area contributed by atoms with Gasteiger partial charge in [-0.05, 0) is 50.3 Å². The lowest BCUT2D eigenvalue weighted by Crippen LogP contribution is -2.15. The molecule has 104 valence electrons. The summed E-state index contributed by atoms with van der Waals surface area (Å²) in [5, 5.41) is 3.18. The first-order valence-electron chi connectivity index (χ1n) is 7.05. The van der Waals surface area contributed by atoms with E-state index in [4.69, 9.17) is 4.74 Å². The van der Waals surface area contributed by atoms with Crippen LogP contribution in [0.3, 0.4) is 0 Å². The molecule has 1 aromatic rings. The van der Waals surface area contributed by atoms with Crippen LogP contribution in [-0.4, -0.2) is 20.4 Å². The number of benzene rings is 1. The molecule has 2 rings (SSSR count). The fourth-order valence-electron chi connectivity index (χ4n) is 2.97. The second-order valence-electron chi connectivity index (χ2n) is 5.35. The highest BCUT2D eigenvalue weighted by molar-refractivity contribution is 5.53. The first-order chi connectivity index (χ1) is 9.28. The van der Waals surface area contributed by atoms with Crippen molar-refractivity contribution in [1.29, 1.82) is 0 Å². The number of hydrogen-bond donors (Lipinski definition) is 1. The van der Waals surface area contributed by atoms with Gasteiger partial charge in [0.25, 0.3) is 0 Å². The maximum absolute atomic E-state index is 10.8. The van der Waals surface area contributed by atoms with Crippen molar-refractivity contribution < 1.29 is 9.53 Å². The van der Waals surface area contributed by atoms with Gasteiger partial charge in [-0.25, -0.2) is 0 Å². The summed E-state index contributed by atoms with van der Waals surface area (Å²) in [6, 6.07) is 6.49. The van der Waals surface area contributed by atoms with Gasteiger partial charge in [-0.1, -0.05) is 12.1 Å². The lowest BCUT2D eigenvalue weighted by molar-refractivity contribution is -0.111. The molecule has 1 N–H and O–H groups in total. The smallest absolute Gasteiger partial charge is 0.123 e. The number of carbonyl (C=O) groups is 1. The van der Waals surface area contributed by atoms with E-state index in [1.807, 2.05) is 7.05 Å². The maximum Gasteiger partial charge on any atom is 0.123 e. The van der Waals surface area contributed by atoms with E-state index in [9.17, 15) is 4.79 Å². The van der Waals surface area contributed by atoms with E-state index in [2.05, 4.69) is 23.5 Å². The molecule has 0 atom stereocenters. The molecule has 1 aliphatic rings. The fourth-order valence-corrected chi connectivity index (χ4v) is 2.97. The highest BCUT2D eigenvalue weighted by atomic mass is 16.5. The minimum absolute atomic E-state index is 0.284. The van der Waals surface area contributed by atoms with E-state index in [0.717, 1.165) is 44.3 Å². The molecule has 0 amide bonds. The minimum Gasteiger partial charge on any atom is -0.496 e. The monoisotopic (exact) mass is 261 g/mol. The van der Waals surface area contributed by atoms with Crippen molar-refractivity contribution in [2.45, 2.75) is 38.1 Å². The second kappa shape index (κ2) is 6.71. The average molecular weight is 261 g/mol. The van der Waals surface area contributed by atoms with Gasteiger partial charge in [0, 0.05) is 18.0 Å². The molecule has 0 aliphatic heterocycles. The van der Waals surface area contributed by atoms with Crippen LogP contribution < -0.4 is 10.1 Å². The molecule has 1 fully saturated rings. The van der Waals surface area contributed by atoms with Crippen molar-refractivity contribution in [3.63, 3.8) is 0 Å². The van der Waals surface area contributed by atoms with Crippen LogP contribution in [0, 0.1) is 5.92 Å². The molecule has 0 aromatic heterocycles. The number of nitrogens with one attached hydrogen (secondary N) is 1. The first-order valence-corrected chi connectivity index (χ1v) is 7.05. The zero-order valence-corrected chi connectivity index (χ0v) is 11.8. The predicted octanol–water partition coefficient (Wildman–Crippen LogP) is 2.89. The summed E-state index contributed by atoms with van der Waals surface area (Å²) in [7, 11) is 3.66. The van der Waals surface area contributed by atoms with Gasteiger partial charge < -0.3 is 14.8 Å². The summed E-state index contributed by atoms with van der Waals surface area (Å²) in [5.41, 5.74) is 2.59. The van der Waals surface area contributed by atoms with E-state index in [-0.39, 0.29) is 5.92 Å². The van der Waals surface area contributed by atoms with E-state index < -0.39 is 0 Å². The fraction of sp³-hybridized carbons (Fsp3) is 0.562. The van der Waals surface area contributed by atoms with Gasteiger partial charge in [0.1, 0.15) is 12.0 Å². The van der Waals surface area contributed by atoms with Crippen molar-refractivity contribution in [1.82, 2.24) is 5.32 Å². The number of ether oxygens (including phenoxy) is 1. The van der Waals surface area contributed by atoms with Gasteiger partial charge in [0.15, 0.2) is 0 Å². The largest absolute Gasteiger partial charge is 0.496 e. The summed E-state index contributed by atoms with van der Waals surface area (Å²) in [5.74, 6) is 1.82. The molecule has 0 radical (unpaired) electrons. The van der Waals surface area contributed by atoms with Gasteiger partial charge in [-0.2, -0.15) is 0 Å². The molecule has 3 nitrogen and oxygen atoms in total. The third-order valence-electron chi connectivity index (χ3n) is 4.11. The molecule has 19 heavy (non-hydrogen) atoms. The Balaban J connectivity index is 2.12. The SMILES string of the molecule is CNCc1cc(C2CCC(C=O)CC2)ccc1OC. The molecule has 0 heterocycles. The van der Waals surface area contributed by atoms with Gasteiger partial charge in [-0.3, -0.25) is 0 Å².